The molecule has 0 unspecified atom stereocenters. The zero-order valence-corrected chi connectivity index (χ0v) is 12.6. The molecule has 0 saturated carbocycles. The quantitative estimate of drug-likeness (QED) is 0.310. The molecule has 0 aromatic heterocycles. The van der Waals surface area contributed by atoms with Crippen molar-refractivity contribution in [3.05, 3.63) is 0 Å². The molecule has 5 nitrogen and oxygen atoms in total. The van der Waals surface area contributed by atoms with Crippen LogP contribution >= 0.6 is 24.0 Å². The van der Waals surface area contributed by atoms with Gasteiger partial charge in [0.05, 0.1) is 18.8 Å². The molecule has 0 aliphatic heterocycles. The number of hydrogen-bond donors (Lipinski definition) is 2. The highest BCUT2D eigenvalue weighted by molar-refractivity contribution is 14.0. The Kier molecular flexibility index (Phi) is 10.9. The van der Waals surface area contributed by atoms with E-state index in [4.69, 9.17) is 6.42 Å². The molecule has 0 spiro atoms. The SMILES string of the molecule is C#CCNC(=NCCS(C)(=O)=O)NCC.I. The van der Waals surface area contributed by atoms with Crippen LogP contribution < -0.4 is 10.6 Å². The van der Waals surface area contributed by atoms with Gasteiger partial charge in [-0.1, -0.05) is 5.92 Å². The molecule has 94 valence electrons. The Morgan fingerprint density at radius 3 is 2.50 bits per heavy atom. The number of halogens is 1. The van der Waals surface area contributed by atoms with Crippen molar-refractivity contribution in [1.29, 1.82) is 0 Å². The molecule has 0 atom stereocenters. The minimum atomic E-state index is -2.96. The summed E-state index contributed by atoms with van der Waals surface area (Å²) in [6, 6.07) is 0. The molecular weight excluding hydrogens is 341 g/mol. The van der Waals surface area contributed by atoms with E-state index in [-0.39, 0.29) is 36.3 Å². The van der Waals surface area contributed by atoms with Gasteiger partial charge in [0.1, 0.15) is 9.84 Å². The summed E-state index contributed by atoms with van der Waals surface area (Å²) in [5.74, 6) is 3.00. The van der Waals surface area contributed by atoms with Gasteiger partial charge in [0.2, 0.25) is 0 Å². The van der Waals surface area contributed by atoms with Gasteiger partial charge in [-0.3, -0.25) is 4.99 Å². The Morgan fingerprint density at radius 2 is 2.06 bits per heavy atom. The molecule has 16 heavy (non-hydrogen) atoms. The molecule has 0 aliphatic rings. The minimum Gasteiger partial charge on any atom is -0.357 e. The number of rotatable bonds is 5. The second kappa shape index (κ2) is 9.72. The van der Waals surface area contributed by atoms with Crippen molar-refractivity contribution in [1.82, 2.24) is 10.6 Å². The first-order valence-corrected chi connectivity index (χ1v) is 6.69. The maximum absolute atomic E-state index is 10.8. The number of aliphatic imine (C=N–C) groups is 1. The summed E-state index contributed by atoms with van der Waals surface area (Å²) in [6.07, 6.45) is 6.26. The average Bonchev–Trinajstić information content (AvgIpc) is 2.12. The summed E-state index contributed by atoms with van der Waals surface area (Å²) in [5.41, 5.74) is 0. The van der Waals surface area contributed by atoms with Gasteiger partial charge in [0, 0.05) is 12.8 Å². The van der Waals surface area contributed by atoms with Crippen molar-refractivity contribution in [2.75, 3.05) is 31.6 Å². The summed E-state index contributed by atoms with van der Waals surface area (Å²) < 4.78 is 21.7. The smallest absolute Gasteiger partial charge is 0.192 e. The van der Waals surface area contributed by atoms with Gasteiger partial charge in [0.15, 0.2) is 5.96 Å². The molecule has 0 amide bonds. The van der Waals surface area contributed by atoms with Crippen molar-refractivity contribution >= 4 is 39.8 Å². The Morgan fingerprint density at radius 1 is 1.44 bits per heavy atom. The molecule has 0 aromatic carbocycles. The molecule has 0 radical (unpaired) electrons. The van der Waals surface area contributed by atoms with Gasteiger partial charge in [0.25, 0.3) is 0 Å². The Balaban J connectivity index is 0. The van der Waals surface area contributed by atoms with Crippen molar-refractivity contribution in [3.63, 3.8) is 0 Å². The number of nitrogens with zero attached hydrogens (tertiary/aromatic N) is 1. The normalized spacial score (nSPS) is 11.2. The lowest BCUT2D eigenvalue weighted by molar-refractivity contribution is 0.601. The van der Waals surface area contributed by atoms with Crippen molar-refractivity contribution < 1.29 is 8.42 Å². The standard InChI is InChI=1S/C9H17N3O2S.HI/c1-4-6-11-9(10-5-2)12-7-8-15(3,13)14;/h1H,5-8H2,2-3H3,(H2,10,11,12);1H. The van der Waals surface area contributed by atoms with Gasteiger partial charge < -0.3 is 10.6 Å². The van der Waals surface area contributed by atoms with Crippen LogP contribution in [0.25, 0.3) is 0 Å². The van der Waals surface area contributed by atoms with Gasteiger partial charge in [-0.25, -0.2) is 8.42 Å². The third-order valence-electron chi connectivity index (χ3n) is 1.43. The van der Waals surface area contributed by atoms with Gasteiger partial charge >= 0.3 is 0 Å². The Hall–Kier alpha value is -0.490. The fourth-order valence-corrected chi connectivity index (χ4v) is 1.22. The van der Waals surface area contributed by atoms with Crippen LogP contribution in [-0.4, -0.2) is 46.0 Å². The van der Waals surface area contributed by atoms with E-state index in [0.29, 0.717) is 19.0 Å². The molecule has 0 saturated heterocycles. The highest BCUT2D eigenvalue weighted by atomic mass is 127. The van der Waals surface area contributed by atoms with Gasteiger partial charge in [-0.2, -0.15) is 0 Å². The molecule has 0 bridgehead atoms. The van der Waals surface area contributed by atoms with Gasteiger partial charge in [-0.15, -0.1) is 30.4 Å². The molecule has 0 heterocycles. The first-order valence-electron chi connectivity index (χ1n) is 4.63. The maximum atomic E-state index is 10.8. The predicted molar refractivity (Wildman–Crippen MR) is 77.9 cm³/mol. The van der Waals surface area contributed by atoms with E-state index in [0.717, 1.165) is 0 Å². The van der Waals surface area contributed by atoms with Crippen LogP contribution in [-0.2, 0) is 9.84 Å². The average molecular weight is 359 g/mol. The fourth-order valence-electron chi connectivity index (χ4n) is 0.800. The van der Waals surface area contributed by atoms with Crippen molar-refractivity contribution in [2.45, 2.75) is 6.92 Å². The van der Waals surface area contributed by atoms with Crippen molar-refractivity contribution in [2.24, 2.45) is 4.99 Å². The minimum absolute atomic E-state index is 0. The number of terminal acetylenes is 1. The van der Waals surface area contributed by atoms with E-state index >= 15 is 0 Å². The lowest BCUT2D eigenvalue weighted by Gasteiger charge is -2.08. The Labute approximate surface area is 114 Å². The van der Waals surface area contributed by atoms with Crippen LogP contribution in [0.2, 0.25) is 0 Å². The van der Waals surface area contributed by atoms with Crippen LogP contribution in [0.4, 0.5) is 0 Å². The van der Waals surface area contributed by atoms with Gasteiger partial charge in [-0.05, 0) is 6.92 Å². The van der Waals surface area contributed by atoms with Crippen LogP contribution in [0.3, 0.4) is 0 Å². The molecule has 0 aromatic rings. The number of nitrogens with one attached hydrogen (secondary N) is 2. The van der Waals surface area contributed by atoms with E-state index in [1.165, 1.54) is 6.26 Å². The molecule has 0 aliphatic carbocycles. The molecule has 2 N–H and O–H groups in total. The molecule has 0 fully saturated rings. The highest BCUT2D eigenvalue weighted by Gasteiger charge is 2.01. The van der Waals surface area contributed by atoms with E-state index in [2.05, 4.69) is 21.5 Å². The summed E-state index contributed by atoms with van der Waals surface area (Å²) in [5, 5.41) is 5.82. The summed E-state index contributed by atoms with van der Waals surface area (Å²) in [4.78, 5) is 4.06. The van der Waals surface area contributed by atoms with E-state index in [9.17, 15) is 8.42 Å². The van der Waals surface area contributed by atoms with Crippen molar-refractivity contribution in [3.8, 4) is 12.3 Å². The molecular formula is C9H18IN3O2S. The zero-order chi connectivity index (χ0) is 11.7. The topological polar surface area (TPSA) is 70.6 Å². The zero-order valence-electron chi connectivity index (χ0n) is 9.49. The maximum Gasteiger partial charge on any atom is 0.192 e. The number of sulfone groups is 1. The monoisotopic (exact) mass is 359 g/mol. The van der Waals surface area contributed by atoms with Crippen LogP contribution in [0.1, 0.15) is 6.92 Å². The first kappa shape index (κ1) is 17.9. The third kappa shape index (κ3) is 11.6. The number of hydrogen-bond acceptors (Lipinski definition) is 3. The second-order valence-corrected chi connectivity index (χ2v) is 5.21. The predicted octanol–water partition coefficient (Wildman–Crippen LogP) is -0.163. The lowest BCUT2D eigenvalue weighted by atomic mass is 10.6. The lowest BCUT2D eigenvalue weighted by Crippen LogP contribution is -2.37. The van der Waals surface area contributed by atoms with E-state index < -0.39 is 9.84 Å². The van der Waals surface area contributed by atoms with Crippen LogP contribution in [0.15, 0.2) is 4.99 Å². The van der Waals surface area contributed by atoms with Crippen LogP contribution in [0, 0.1) is 12.3 Å². The largest absolute Gasteiger partial charge is 0.357 e. The first-order chi connectivity index (χ1) is 6.99. The number of guanidine groups is 1. The molecule has 7 heteroatoms. The van der Waals surface area contributed by atoms with Crippen LogP contribution in [0.5, 0.6) is 0 Å². The van der Waals surface area contributed by atoms with E-state index in [1.54, 1.807) is 0 Å². The highest BCUT2D eigenvalue weighted by Crippen LogP contribution is 1.83. The summed E-state index contributed by atoms with van der Waals surface area (Å²) in [7, 11) is -2.96. The third-order valence-corrected chi connectivity index (χ3v) is 2.36. The second-order valence-electron chi connectivity index (χ2n) is 2.95. The summed E-state index contributed by atoms with van der Waals surface area (Å²) in [6.45, 7) is 3.22. The molecule has 0 rings (SSSR count). The summed E-state index contributed by atoms with van der Waals surface area (Å²) >= 11 is 0. The van der Waals surface area contributed by atoms with E-state index in [1.807, 2.05) is 6.92 Å². The Bertz CT molecular complexity index is 346. The fraction of sp³-hybridized carbons (Fsp3) is 0.667.